The van der Waals surface area contributed by atoms with E-state index in [-0.39, 0.29) is 5.91 Å². The first kappa shape index (κ1) is 10.5. The van der Waals surface area contributed by atoms with Gasteiger partial charge in [-0.2, -0.15) is 0 Å². The molecule has 1 amide bonds. The second-order valence-corrected chi connectivity index (χ2v) is 3.72. The Morgan fingerprint density at radius 3 is 2.88 bits per heavy atom. The molecule has 1 aromatic rings. The molecule has 16 heavy (non-hydrogen) atoms. The zero-order valence-corrected chi connectivity index (χ0v) is 9.23. The van der Waals surface area contributed by atoms with Crippen molar-refractivity contribution in [3.05, 3.63) is 42.1 Å². The molecule has 0 saturated heterocycles. The largest absolute Gasteiger partial charge is 0.352 e. The molecule has 0 radical (unpaired) electrons. The number of rotatable bonds is 3. The van der Waals surface area contributed by atoms with E-state index in [1.54, 1.807) is 6.08 Å². The number of benzene rings is 1. The van der Waals surface area contributed by atoms with Crippen molar-refractivity contribution in [3.63, 3.8) is 0 Å². The van der Waals surface area contributed by atoms with Crippen molar-refractivity contribution in [3.8, 4) is 0 Å². The maximum Gasteiger partial charge on any atom is 0.245 e. The summed E-state index contributed by atoms with van der Waals surface area (Å²) in [6, 6.07) is 9.96. The van der Waals surface area contributed by atoms with Crippen LogP contribution in [0.1, 0.15) is 6.42 Å². The van der Waals surface area contributed by atoms with E-state index in [9.17, 15) is 4.79 Å². The van der Waals surface area contributed by atoms with Gasteiger partial charge in [-0.1, -0.05) is 18.2 Å². The van der Waals surface area contributed by atoms with Gasteiger partial charge in [0.2, 0.25) is 5.91 Å². The third-order valence-electron chi connectivity index (χ3n) is 2.45. The molecule has 0 aliphatic carbocycles. The maximum atomic E-state index is 11.1. The SMILES string of the molecule is CN(NC1=CC(=O)NCC1)[14c]1[14cH][14cH][14cH][14cH][14cH]1. The van der Waals surface area contributed by atoms with Gasteiger partial charge in [-0.05, 0) is 12.1 Å². The van der Waals surface area contributed by atoms with Gasteiger partial charge in [0.05, 0.1) is 5.69 Å². The van der Waals surface area contributed by atoms with Crippen LogP contribution < -0.4 is 15.8 Å². The molecule has 0 saturated carbocycles. The summed E-state index contributed by atoms with van der Waals surface area (Å²) in [6.45, 7) is 0.695. The molecule has 0 unspecified atom stereocenters. The third kappa shape index (κ3) is 2.53. The van der Waals surface area contributed by atoms with Gasteiger partial charge in [0.1, 0.15) is 0 Å². The number of amides is 1. The fourth-order valence-electron chi connectivity index (χ4n) is 1.62. The highest BCUT2D eigenvalue weighted by Gasteiger charge is 2.09. The molecular formula is C12H15N3O. The summed E-state index contributed by atoms with van der Waals surface area (Å²) < 4.78 is 0. The fourth-order valence-corrected chi connectivity index (χ4v) is 1.62. The number of nitrogens with one attached hydrogen (secondary N) is 2. The smallest absolute Gasteiger partial charge is 0.245 e. The van der Waals surface area contributed by atoms with E-state index in [1.807, 2.05) is 42.4 Å². The lowest BCUT2D eigenvalue weighted by molar-refractivity contribution is -0.116. The number of anilines is 1. The molecule has 1 aliphatic heterocycles. The van der Waals surface area contributed by atoms with E-state index in [1.165, 1.54) is 0 Å². The second kappa shape index (κ2) is 4.70. The number of carbonyl (C=O) groups is 1. The minimum atomic E-state index is -0.0322. The van der Waals surface area contributed by atoms with Gasteiger partial charge in [-0.25, -0.2) is 0 Å². The highest BCUT2D eigenvalue weighted by Crippen LogP contribution is 2.11. The number of nitrogens with zero attached hydrogens (tertiary/aromatic N) is 1. The zero-order chi connectivity index (χ0) is 11.4. The first-order valence-electron chi connectivity index (χ1n) is 5.29. The molecule has 1 heterocycles. The summed E-state index contributed by atoms with van der Waals surface area (Å²) in [5.41, 5.74) is 5.20. The molecule has 0 aromatic heterocycles. The Morgan fingerprint density at radius 2 is 2.19 bits per heavy atom. The molecule has 1 aromatic carbocycles. The van der Waals surface area contributed by atoms with Gasteiger partial charge in [0.25, 0.3) is 0 Å². The van der Waals surface area contributed by atoms with E-state index >= 15 is 0 Å². The number of carbonyl (C=O) groups excluding carboxylic acids is 1. The highest BCUT2D eigenvalue weighted by atomic mass is 16.1. The van der Waals surface area contributed by atoms with Crippen LogP contribution in [-0.2, 0) is 4.79 Å². The average molecular weight is 229 g/mol. The Labute approximate surface area is 94.9 Å². The summed E-state index contributed by atoms with van der Waals surface area (Å²) in [4.78, 5) is 11.1. The predicted molar refractivity (Wildman–Crippen MR) is 63.7 cm³/mol. The Morgan fingerprint density at radius 1 is 1.44 bits per heavy atom. The van der Waals surface area contributed by atoms with Gasteiger partial charge in [0, 0.05) is 31.8 Å². The van der Waals surface area contributed by atoms with Crippen LogP contribution in [0, 0.1) is 0 Å². The quantitative estimate of drug-likeness (QED) is 0.761. The Kier molecular flexibility index (Phi) is 3.10. The monoisotopic (exact) mass is 229 g/mol. The minimum Gasteiger partial charge on any atom is -0.352 e. The molecule has 0 atom stereocenters. The first-order valence-corrected chi connectivity index (χ1v) is 5.29. The van der Waals surface area contributed by atoms with Gasteiger partial charge < -0.3 is 10.7 Å². The van der Waals surface area contributed by atoms with E-state index < -0.39 is 0 Å². The summed E-state index contributed by atoms with van der Waals surface area (Å²) >= 11 is 0. The van der Waals surface area contributed by atoms with Crippen molar-refractivity contribution in [2.45, 2.75) is 6.42 Å². The van der Waals surface area contributed by atoms with Crippen molar-refractivity contribution < 1.29 is 4.79 Å². The molecule has 4 nitrogen and oxygen atoms in total. The zero-order valence-electron chi connectivity index (χ0n) is 9.23. The molecule has 84 valence electrons. The number of para-hydroxylation sites is 1. The van der Waals surface area contributed by atoms with E-state index in [2.05, 4.69) is 10.7 Å². The van der Waals surface area contributed by atoms with Gasteiger partial charge in [-0.3, -0.25) is 9.80 Å². The molecule has 0 fully saturated rings. The van der Waals surface area contributed by atoms with Gasteiger partial charge in [0.15, 0.2) is 0 Å². The minimum absolute atomic E-state index is 0.0322. The molecular weight excluding hydrogens is 214 g/mol. The van der Waals surface area contributed by atoms with Crippen LogP contribution in [0.25, 0.3) is 0 Å². The summed E-state index contributed by atoms with van der Waals surface area (Å²) in [7, 11) is 1.93. The van der Waals surface area contributed by atoms with Crippen LogP contribution in [-0.4, -0.2) is 19.5 Å². The summed E-state index contributed by atoms with van der Waals surface area (Å²) in [5, 5.41) is 4.66. The Balaban J connectivity index is 2.02. The molecule has 2 N–H and O–H groups in total. The van der Waals surface area contributed by atoms with E-state index in [4.69, 9.17) is 0 Å². The van der Waals surface area contributed by atoms with Crippen molar-refractivity contribution >= 4 is 11.6 Å². The third-order valence-corrected chi connectivity index (χ3v) is 2.45. The molecule has 0 bridgehead atoms. The fraction of sp³-hybridized carbons (Fsp3) is 0.250. The topological polar surface area (TPSA) is 44.4 Å². The van der Waals surface area contributed by atoms with Crippen LogP contribution in [0.2, 0.25) is 0 Å². The maximum absolute atomic E-state index is 11.1. The lowest BCUT2D eigenvalue weighted by atomic mass is 10.2. The lowest BCUT2D eigenvalue weighted by Crippen LogP contribution is -2.38. The second-order valence-electron chi connectivity index (χ2n) is 3.72. The molecule has 0 spiro atoms. The van der Waals surface area contributed by atoms with Gasteiger partial charge in [-0.15, -0.1) is 0 Å². The highest BCUT2D eigenvalue weighted by molar-refractivity contribution is 5.89. The first-order chi connectivity index (χ1) is 7.75. The normalized spacial score (nSPS) is 15.1. The average Bonchev–Trinajstić information content (AvgIpc) is 2.30. The number of hydrogen-bond donors (Lipinski definition) is 2. The molecule has 2 rings (SSSR count). The lowest BCUT2D eigenvalue weighted by Gasteiger charge is -2.25. The van der Waals surface area contributed by atoms with Crippen LogP contribution in [0.5, 0.6) is 0 Å². The standard InChI is InChI=1S/C12H15N3O/c1-15(11-5-3-2-4-6-11)14-10-7-8-13-12(16)9-10/h2-6,9,14H,7-8H2,1H3,(H,13,16)/i2+2,3+2,4+2,5+2,6+2,11+2. The summed E-state index contributed by atoms with van der Waals surface area (Å²) in [5.74, 6) is -0.0322. The van der Waals surface area contributed by atoms with E-state index in [0.717, 1.165) is 17.8 Å². The van der Waals surface area contributed by atoms with Crippen LogP contribution >= 0.6 is 0 Å². The molecule has 4 heteroatoms. The number of hydrogen-bond acceptors (Lipinski definition) is 3. The summed E-state index contributed by atoms with van der Waals surface area (Å²) in [6.07, 6.45) is 2.44. The number of hydrazine groups is 1. The molecule has 1 aliphatic rings. The van der Waals surface area contributed by atoms with Crippen LogP contribution in [0.3, 0.4) is 0 Å². The Bertz CT molecular complexity index is 400. The van der Waals surface area contributed by atoms with Gasteiger partial charge >= 0.3 is 0 Å². The van der Waals surface area contributed by atoms with Crippen molar-refractivity contribution in [2.24, 2.45) is 0 Å². The Hall–Kier alpha value is -1.97. The predicted octanol–water partition coefficient (Wildman–Crippen LogP) is 1.03. The van der Waals surface area contributed by atoms with E-state index in [0.29, 0.717) is 6.54 Å². The van der Waals surface area contributed by atoms with Crippen LogP contribution in [0.15, 0.2) is 42.1 Å². The van der Waals surface area contributed by atoms with Crippen molar-refractivity contribution in [1.82, 2.24) is 10.7 Å². The van der Waals surface area contributed by atoms with Crippen molar-refractivity contribution in [2.75, 3.05) is 18.6 Å². The van der Waals surface area contributed by atoms with Crippen LogP contribution in [0.4, 0.5) is 5.69 Å². The van der Waals surface area contributed by atoms with Crippen molar-refractivity contribution in [1.29, 1.82) is 0 Å².